The third-order valence-corrected chi connectivity index (χ3v) is 4.04. The van der Waals surface area contributed by atoms with Crippen molar-refractivity contribution in [2.45, 2.75) is 45.1 Å². The van der Waals surface area contributed by atoms with Gasteiger partial charge in [-0.1, -0.05) is 13.3 Å². The number of hydrogen-bond donors (Lipinski definition) is 1. The summed E-state index contributed by atoms with van der Waals surface area (Å²) in [5.41, 5.74) is 0. The summed E-state index contributed by atoms with van der Waals surface area (Å²) in [6.07, 6.45) is 8.46. The van der Waals surface area contributed by atoms with Gasteiger partial charge < -0.3 is 5.32 Å². The lowest BCUT2D eigenvalue weighted by Crippen LogP contribution is -2.33. The van der Waals surface area contributed by atoms with Crippen molar-refractivity contribution in [3.63, 3.8) is 0 Å². The summed E-state index contributed by atoms with van der Waals surface area (Å²) in [5.74, 6) is 0.822. The highest BCUT2D eigenvalue weighted by Crippen LogP contribution is 2.29. The van der Waals surface area contributed by atoms with E-state index in [2.05, 4.69) is 22.6 Å². The fourth-order valence-electron chi connectivity index (χ4n) is 2.46. The summed E-state index contributed by atoms with van der Waals surface area (Å²) >= 11 is 1.80. The molecule has 84 valence electrons. The summed E-state index contributed by atoms with van der Waals surface area (Å²) in [7, 11) is 0. The maximum absolute atomic E-state index is 4.39. The first kappa shape index (κ1) is 11.1. The van der Waals surface area contributed by atoms with Crippen molar-refractivity contribution in [3.8, 4) is 0 Å². The van der Waals surface area contributed by atoms with Crippen LogP contribution in [0.25, 0.3) is 0 Å². The summed E-state index contributed by atoms with van der Waals surface area (Å²) < 4.78 is 0. The average molecular weight is 224 g/mol. The number of rotatable bonds is 5. The topological polar surface area (TPSA) is 24.9 Å². The van der Waals surface area contributed by atoms with Gasteiger partial charge in [-0.05, 0) is 31.7 Å². The molecule has 0 spiro atoms. The number of thiazole rings is 1. The predicted octanol–water partition coefficient (Wildman–Crippen LogP) is 2.85. The van der Waals surface area contributed by atoms with Gasteiger partial charge in [0.2, 0.25) is 0 Å². The van der Waals surface area contributed by atoms with E-state index in [9.17, 15) is 0 Å². The van der Waals surface area contributed by atoms with E-state index in [1.54, 1.807) is 11.3 Å². The smallest absolute Gasteiger partial charge is 0.0928 e. The molecule has 0 saturated heterocycles. The quantitative estimate of drug-likeness (QED) is 0.832. The molecule has 2 unspecified atom stereocenters. The molecule has 1 N–H and O–H groups in total. The van der Waals surface area contributed by atoms with E-state index in [4.69, 9.17) is 0 Å². The van der Waals surface area contributed by atoms with Crippen molar-refractivity contribution in [1.82, 2.24) is 10.3 Å². The maximum Gasteiger partial charge on any atom is 0.0928 e. The minimum absolute atomic E-state index is 0.744. The van der Waals surface area contributed by atoms with Gasteiger partial charge in [-0.3, -0.25) is 0 Å². The Labute approximate surface area is 96.1 Å². The van der Waals surface area contributed by atoms with Crippen LogP contribution in [0.2, 0.25) is 0 Å². The van der Waals surface area contributed by atoms with Crippen molar-refractivity contribution < 1.29 is 0 Å². The lowest BCUT2D eigenvalue weighted by molar-refractivity contribution is 0.398. The van der Waals surface area contributed by atoms with Crippen LogP contribution in [0.15, 0.2) is 11.6 Å². The predicted molar refractivity (Wildman–Crippen MR) is 65.2 cm³/mol. The molecule has 1 aromatic rings. The molecule has 1 aliphatic rings. The van der Waals surface area contributed by atoms with E-state index in [0.29, 0.717) is 0 Å². The lowest BCUT2D eigenvalue weighted by atomic mass is 10.00. The first-order valence-electron chi connectivity index (χ1n) is 6.02. The molecule has 1 aromatic heterocycles. The minimum Gasteiger partial charge on any atom is -0.314 e. The van der Waals surface area contributed by atoms with Crippen molar-refractivity contribution in [1.29, 1.82) is 0 Å². The van der Waals surface area contributed by atoms with Gasteiger partial charge in [-0.15, -0.1) is 11.3 Å². The van der Waals surface area contributed by atoms with E-state index < -0.39 is 0 Å². The number of aromatic nitrogens is 1. The van der Waals surface area contributed by atoms with Crippen LogP contribution < -0.4 is 5.32 Å². The third kappa shape index (κ3) is 3.02. The van der Waals surface area contributed by atoms with Gasteiger partial charge in [0.25, 0.3) is 0 Å². The Kier molecular flexibility index (Phi) is 4.15. The van der Waals surface area contributed by atoms with Gasteiger partial charge in [0.15, 0.2) is 0 Å². The van der Waals surface area contributed by atoms with Crippen LogP contribution in [0.3, 0.4) is 0 Å². The van der Waals surface area contributed by atoms with Crippen LogP contribution in [-0.2, 0) is 6.42 Å². The average Bonchev–Trinajstić information content (AvgIpc) is 2.87. The molecule has 1 saturated carbocycles. The first-order valence-corrected chi connectivity index (χ1v) is 6.90. The second-order valence-electron chi connectivity index (χ2n) is 4.38. The molecular formula is C12H20N2S. The Balaban J connectivity index is 1.85. The number of nitrogens with one attached hydrogen (secondary N) is 1. The molecule has 0 amide bonds. The standard InChI is InChI=1S/C12H20N2S/c1-2-6-13-11-5-3-4-10(11)9-12-14-7-8-15-12/h7-8,10-11,13H,2-6,9H2,1H3. The summed E-state index contributed by atoms with van der Waals surface area (Å²) in [5, 5.41) is 7.06. The molecule has 2 nitrogen and oxygen atoms in total. The zero-order valence-corrected chi connectivity index (χ0v) is 10.2. The van der Waals surface area contributed by atoms with E-state index in [1.165, 1.54) is 43.7 Å². The molecule has 1 heterocycles. The molecule has 2 atom stereocenters. The molecule has 1 fully saturated rings. The van der Waals surface area contributed by atoms with Crippen LogP contribution in [-0.4, -0.2) is 17.6 Å². The lowest BCUT2D eigenvalue weighted by Gasteiger charge is -2.19. The molecule has 15 heavy (non-hydrogen) atoms. The van der Waals surface area contributed by atoms with Gasteiger partial charge in [-0.25, -0.2) is 4.98 Å². The maximum atomic E-state index is 4.39. The van der Waals surface area contributed by atoms with Crippen LogP contribution in [0, 0.1) is 5.92 Å². The largest absolute Gasteiger partial charge is 0.314 e. The van der Waals surface area contributed by atoms with Crippen LogP contribution in [0.5, 0.6) is 0 Å². The van der Waals surface area contributed by atoms with E-state index in [0.717, 1.165) is 12.0 Å². The molecule has 1 aliphatic carbocycles. The zero-order chi connectivity index (χ0) is 10.5. The molecular weight excluding hydrogens is 204 g/mol. The van der Waals surface area contributed by atoms with Gasteiger partial charge in [-0.2, -0.15) is 0 Å². The van der Waals surface area contributed by atoms with Crippen LogP contribution in [0.1, 0.15) is 37.6 Å². The zero-order valence-electron chi connectivity index (χ0n) is 9.41. The van der Waals surface area contributed by atoms with Gasteiger partial charge in [0.05, 0.1) is 5.01 Å². The van der Waals surface area contributed by atoms with Crippen molar-refractivity contribution in [3.05, 3.63) is 16.6 Å². The van der Waals surface area contributed by atoms with Gasteiger partial charge >= 0.3 is 0 Å². The van der Waals surface area contributed by atoms with Crippen molar-refractivity contribution in [2.75, 3.05) is 6.54 Å². The Hall–Kier alpha value is -0.410. The van der Waals surface area contributed by atoms with E-state index in [-0.39, 0.29) is 0 Å². The third-order valence-electron chi connectivity index (χ3n) is 3.24. The molecule has 0 aliphatic heterocycles. The molecule has 0 radical (unpaired) electrons. The monoisotopic (exact) mass is 224 g/mol. The van der Waals surface area contributed by atoms with Gasteiger partial charge in [0, 0.05) is 24.0 Å². The van der Waals surface area contributed by atoms with E-state index >= 15 is 0 Å². The Morgan fingerprint density at radius 1 is 1.53 bits per heavy atom. The fraction of sp³-hybridized carbons (Fsp3) is 0.750. The van der Waals surface area contributed by atoms with Crippen LogP contribution >= 0.6 is 11.3 Å². The van der Waals surface area contributed by atoms with Crippen molar-refractivity contribution >= 4 is 11.3 Å². The van der Waals surface area contributed by atoms with Crippen LogP contribution in [0.4, 0.5) is 0 Å². The molecule has 0 bridgehead atoms. The first-order chi connectivity index (χ1) is 7.40. The van der Waals surface area contributed by atoms with E-state index in [1.807, 2.05) is 6.20 Å². The highest BCUT2D eigenvalue weighted by molar-refractivity contribution is 7.09. The fourth-order valence-corrected chi connectivity index (χ4v) is 3.17. The summed E-state index contributed by atoms with van der Waals surface area (Å²) in [6.45, 7) is 3.40. The van der Waals surface area contributed by atoms with Gasteiger partial charge in [0.1, 0.15) is 0 Å². The summed E-state index contributed by atoms with van der Waals surface area (Å²) in [6, 6.07) is 0.744. The minimum atomic E-state index is 0.744. The Bertz CT molecular complexity index is 271. The second-order valence-corrected chi connectivity index (χ2v) is 5.36. The number of hydrogen-bond acceptors (Lipinski definition) is 3. The Morgan fingerprint density at radius 2 is 2.47 bits per heavy atom. The molecule has 0 aromatic carbocycles. The molecule has 2 rings (SSSR count). The summed E-state index contributed by atoms with van der Waals surface area (Å²) in [4.78, 5) is 4.39. The SMILES string of the molecule is CCCNC1CCCC1Cc1nccs1. The van der Waals surface area contributed by atoms with Crippen molar-refractivity contribution in [2.24, 2.45) is 5.92 Å². The highest BCUT2D eigenvalue weighted by Gasteiger charge is 2.27. The Morgan fingerprint density at radius 3 is 3.20 bits per heavy atom. The highest BCUT2D eigenvalue weighted by atomic mass is 32.1. The molecule has 3 heteroatoms. The second kappa shape index (κ2) is 5.61. The number of nitrogens with zero attached hydrogens (tertiary/aromatic N) is 1. The normalized spacial score (nSPS) is 25.9.